The van der Waals surface area contributed by atoms with Crippen LogP contribution in [0.15, 0.2) is 35.2 Å². The van der Waals surface area contributed by atoms with E-state index in [1.165, 1.54) is 0 Å². The molecule has 0 aromatic heterocycles. The molecule has 0 saturated carbocycles. The van der Waals surface area contributed by atoms with Crippen LogP contribution in [0.2, 0.25) is 0 Å². The van der Waals surface area contributed by atoms with Gasteiger partial charge in [-0.1, -0.05) is 0 Å². The summed E-state index contributed by atoms with van der Waals surface area (Å²) in [6.07, 6.45) is 0. The van der Waals surface area contributed by atoms with Crippen molar-refractivity contribution in [3.05, 3.63) is 59.2 Å². The lowest BCUT2D eigenvalue weighted by Gasteiger charge is -2.09. The van der Waals surface area contributed by atoms with Crippen LogP contribution in [0.25, 0.3) is 0 Å². The number of primary sulfonamides is 1. The Bertz CT molecular complexity index is 900. The minimum absolute atomic E-state index is 0.284. The number of carbonyl (C=O) groups excluding carboxylic acids is 1. The molecule has 23 heavy (non-hydrogen) atoms. The van der Waals surface area contributed by atoms with Crippen molar-refractivity contribution in [2.75, 3.05) is 5.32 Å². The van der Waals surface area contributed by atoms with Gasteiger partial charge in [0.1, 0.15) is 16.3 Å². The SMILES string of the molecule is NS(=O)(=O)c1ccc(F)c(C(=O)Nc2ccc(F)c(F)c2)c1F. The average molecular weight is 348 g/mol. The summed E-state index contributed by atoms with van der Waals surface area (Å²) in [4.78, 5) is 10.8. The van der Waals surface area contributed by atoms with Crippen molar-refractivity contribution in [2.24, 2.45) is 5.14 Å². The van der Waals surface area contributed by atoms with Crippen molar-refractivity contribution in [3.63, 3.8) is 0 Å². The topological polar surface area (TPSA) is 89.3 Å². The fourth-order valence-electron chi connectivity index (χ4n) is 1.73. The zero-order valence-corrected chi connectivity index (χ0v) is 11.9. The van der Waals surface area contributed by atoms with Gasteiger partial charge < -0.3 is 5.32 Å². The normalized spacial score (nSPS) is 11.3. The van der Waals surface area contributed by atoms with Gasteiger partial charge in [0.2, 0.25) is 10.0 Å². The van der Waals surface area contributed by atoms with Crippen LogP contribution in [-0.2, 0) is 10.0 Å². The molecular formula is C13H8F4N2O3S. The Kier molecular flexibility index (Phi) is 4.39. The quantitative estimate of drug-likeness (QED) is 0.833. The van der Waals surface area contributed by atoms with E-state index in [0.29, 0.717) is 24.3 Å². The molecule has 0 fully saturated rings. The highest BCUT2D eigenvalue weighted by molar-refractivity contribution is 7.89. The van der Waals surface area contributed by atoms with E-state index in [1.807, 2.05) is 5.32 Å². The van der Waals surface area contributed by atoms with Crippen molar-refractivity contribution in [1.82, 2.24) is 0 Å². The average Bonchev–Trinajstić information content (AvgIpc) is 2.41. The number of halogens is 4. The molecule has 2 aromatic rings. The molecule has 2 aromatic carbocycles. The summed E-state index contributed by atoms with van der Waals surface area (Å²) in [6.45, 7) is 0. The smallest absolute Gasteiger partial charge is 0.261 e. The Labute approximate surface area is 127 Å². The molecule has 10 heteroatoms. The Balaban J connectivity index is 2.45. The highest BCUT2D eigenvalue weighted by Gasteiger charge is 2.25. The second-order valence-electron chi connectivity index (χ2n) is 4.36. The maximum absolute atomic E-state index is 14.0. The van der Waals surface area contributed by atoms with Crippen molar-refractivity contribution in [3.8, 4) is 0 Å². The number of rotatable bonds is 3. The van der Waals surface area contributed by atoms with E-state index < -0.39 is 49.7 Å². The summed E-state index contributed by atoms with van der Waals surface area (Å²) in [5.41, 5.74) is -1.50. The zero-order valence-electron chi connectivity index (χ0n) is 11.1. The molecule has 3 N–H and O–H groups in total. The van der Waals surface area contributed by atoms with Crippen LogP contribution in [0, 0.1) is 23.3 Å². The first-order valence-corrected chi connectivity index (χ1v) is 7.43. The number of amides is 1. The van der Waals surface area contributed by atoms with Crippen LogP contribution in [0.4, 0.5) is 23.2 Å². The lowest BCUT2D eigenvalue weighted by Crippen LogP contribution is -2.20. The predicted molar refractivity (Wildman–Crippen MR) is 72.0 cm³/mol. The summed E-state index contributed by atoms with van der Waals surface area (Å²) in [6, 6.07) is 3.35. The number of benzene rings is 2. The summed E-state index contributed by atoms with van der Waals surface area (Å²) in [5, 5.41) is 6.68. The van der Waals surface area contributed by atoms with Crippen LogP contribution in [-0.4, -0.2) is 14.3 Å². The molecular weight excluding hydrogens is 340 g/mol. The Hall–Kier alpha value is -2.46. The molecule has 0 bridgehead atoms. The first-order valence-electron chi connectivity index (χ1n) is 5.88. The van der Waals surface area contributed by atoms with Gasteiger partial charge in [-0.3, -0.25) is 4.79 Å². The number of hydrogen-bond acceptors (Lipinski definition) is 3. The van der Waals surface area contributed by atoms with E-state index in [-0.39, 0.29) is 5.69 Å². The van der Waals surface area contributed by atoms with E-state index in [0.717, 1.165) is 6.07 Å². The van der Waals surface area contributed by atoms with Gasteiger partial charge in [-0.2, -0.15) is 0 Å². The van der Waals surface area contributed by atoms with Gasteiger partial charge in [-0.05, 0) is 24.3 Å². The van der Waals surface area contributed by atoms with E-state index in [2.05, 4.69) is 0 Å². The van der Waals surface area contributed by atoms with Gasteiger partial charge in [0.25, 0.3) is 5.91 Å². The summed E-state index contributed by atoms with van der Waals surface area (Å²) < 4.78 is 75.8. The zero-order chi connectivity index (χ0) is 17.4. The van der Waals surface area contributed by atoms with Crippen LogP contribution < -0.4 is 10.5 Å². The highest BCUT2D eigenvalue weighted by atomic mass is 32.2. The second kappa shape index (κ2) is 5.97. The Morgan fingerprint density at radius 1 is 0.957 bits per heavy atom. The maximum Gasteiger partial charge on any atom is 0.261 e. The fourth-order valence-corrected chi connectivity index (χ4v) is 2.34. The third-order valence-electron chi connectivity index (χ3n) is 2.77. The van der Waals surface area contributed by atoms with Gasteiger partial charge in [0.15, 0.2) is 17.5 Å². The minimum Gasteiger partial charge on any atom is -0.322 e. The number of nitrogens with two attached hydrogens (primary N) is 1. The van der Waals surface area contributed by atoms with E-state index in [9.17, 15) is 30.8 Å². The molecule has 1 amide bonds. The van der Waals surface area contributed by atoms with Crippen LogP contribution in [0.5, 0.6) is 0 Å². The van der Waals surface area contributed by atoms with Gasteiger partial charge in [-0.15, -0.1) is 0 Å². The molecule has 0 aliphatic rings. The van der Waals surface area contributed by atoms with E-state index >= 15 is 0 Å². The molecule has 0 unspecified atom stereocenters. The first-order chi connectivity index (χ1) is 10.6. The standard InChI is InChI=1S/C13H8F4N2O3S/c14-7-2-1-6(5-9(7)16)19-13(20)11-8(15)3-4-10(12(11)17)23(18,21)22/h1-5H,(H,19,20)(H2,18,21,22). The molecule has 0 saturated heterocycles. The first kappa shape index (κ1) is 16.9. The molecule has 0 radical (unpaired) electrons. The summed E-state index contributed by atoms with van der Waals surface area (Å²) in [7, 11) is -4.52. The molecule has 0 atom stereocenters. The number of anilines is 1. The predicted octanol–water partition coefficient (Wildman–Crippen LogP) is 2.14. The van der Waals surface area contributed by atoms with Gasteiger partial charge >= 0.3 is 0 Å². The molecule has 0 spiro atoms. The Morgan fingerprint density at radius 2 is 1.57 bits per heavy atom. The third kappa shape index (κ3) is 3.48. The Morgan fingerprint density at radius 3 is 2.13 bits per heavy atom. The molecule has 2 rings (SSSR count). The number of sulfonamides is 1. The molecule has 0 aliphatic carbocycles. The minimum atomic E-state index is -4.52. The van der Waals surface area contributed by atoms with Crippen LogP contribution in [0.1, 0.15) is 10.4 Å². The monoisotopic (exact) mass is 348 g/mol. The van der Waals surface area contributed by atoms with Crippen molar-refractivity contribution in [2.45, 2.75) is 4.90 Å². The van der Waals surface area contributed by atoms with Crippen molar-refractivity contribution in [1.29, 1.82) is 0 Å². The summed E-state index contributed by atoms with van der Waals surface area (Å²) >= 11 is 0. The van der Waals surface area contributed by atoms with Crippen molar-refractivity contribution >= 4 is 21.6 Å². The second-order valence-corrected chi connectivity index (χ2v) is 5.89. The van der Waals surface area contributed by atoms with Crippen LogP contribution >= 0.6 is 0 Å². The largest absolute Gasteiger partial charge is 0.322 e. The van der Waals surface area contributed by atoms with Crippen molar-refractivity contribution < 1.29 is 30.8 Å². The van der Waals surface area contributed by atoms with E-state index in [4.69, 9.17) is 5.14 Å². The lowest BCUT2D eigenvalue weighted by atomic mass is 10.1. The number of nitrogens with one attached hydrogen (secondary N) is 1. The van der Waals surface area contributed by atoms with Gasteiger partial charge in [-0.25, -0.2) is 31.1 Å². The van der Waals surface area contributed by atoms with Gasteiger partial charge in [0.05, 0.1) is 0 Å². The summed E-state index contributed by atoms with van der Waals surface area (Å²) in [5.74, 6) is -6.90. The molecule has 0 aliphatic heterocycles. The molecule has 5 nitrogen and oxygen atoms in total. The number of carbonyl (C=O) groups is 1. The maximum atomic E-state index is 14.0. The lowest BCUT2D eigenvalue weighted by molar-refractivity contribution is 0.101. The molecule has 122 valence electrons. The fraction of sp³-hybridized carbons (Fsp3) is 0. The third-order valence-corrected chi connectivity index (χ3v) is 3.70. The van der Waals surface area contributed by atoms with E-state index in [1.54, 1.807) is 0 Å². The molecule has 0 heterocycles. The highest BCUT2D eigenvalue weighted by Crippen LogP contribution is 2.22. The number of hydrogen-bond donors (Lipinski definition) is 2. The van der Waals surface area contributed by atoms with Gasteiger partial charge in [0, 0.05) is 11.8 Å². The van der Waals surface area contributed by atoms with Crippen LogP contribution in [0.3, 0.4) is 0 Å².